The number of hydrogen-bond acceptors (Lipinski definition) is 5. The van der Waals surface area contributed by atoms with Crippen molar-refractivity contribution < 1.29 is 23.9 Å². The molecule has 2 rings (SSSR count). The highest BCUT2D eigenvalue weighted by Crippen LogP contribution is 2.11. The van der Waals surface area contributed by atoms with E-state index in [0.717, 1.165) is 4.47 Å². The van der Waals surface area contributed by atoms with Crippen molar-refractivity contribution in [3.63, 3.8) is 0 Å². The van der Waals surface area contributed by atoms with E-state index in [9.17, 15) is 19.2 Å². The molecule has 3 amide bonds. The van der Waals surface area contributed by atoms with E-state index in [1.54, 1.807) is 34.1 Å². The van der Waals surface area contributed by atoms with E-state index in [2.05, 4.69) is 21.2 Å². The van der Waals surface area contributed by atoms with Gasteiger partial charge in [0.1, 0.15) is 6.54 Å². The van der Waals surface area contributed by atoms with Crippen LogP contribution >= 0.6 is 15.9 Å². The molecule has 0 aromatic heterocycles. The van der Waals surface area contributed by atoms with Crippen LogP contribution in [0.3, 0.4) is 0 Å². The summed E-state index contributed by atoms with van der Waals surface area (Å²) in [5.41, 5.74) is 0.407. The van der Waals surface area contributed by atoms with E-state index in [4.69, 9.17) is 4.74 Å². The zero-order valence-corrected chi connectivity index (χ0v) is 16.8. The molecule has 1 saturated heterocycles. The van der Waals surface area contributed by atoms with Crippen molar-refractivity contribution in [1.82, 2.24) is 15.1 Å². The molecular formula is C18H22BrN3O5. The Morgan fingerprint density at radius 2 is 1.78 bits per heavy atom. The smallest absolute Gasteiger partial charge is 0.326 e. The molecule has 1 heterocycles. The summed E-state index contributed by atoms with van der Waals surface area (Å²) in [6, 6.07) is 6.75. The maximum absolute atomic E-state index is 12.4. The number of amides is 3. The van der Waals surface area contributed by atoms with Crippen LogP contribution in [0.15, 0.2) is 28.7 Å². The number of nitrogens with zero attached hydrogens (tertiary/aromatic N) is 2. The van der Waals surface area contributed by atoms with Crippen LogP contribution in [0.4, 0.5) is 0 Å². The average molecular weight is 440 g/mol. The average Bonchev–Trinajstić information content (AvgIpc) is 2.65. The van der Waals surface area contributed by atoms with Gasteiger partial charge in [0.05, 0.1) is 0 Å². The second-order valence-corrected chi connectivity index (χ2v) is 7.07. The van der Waals surface area contributed by atoms with Crippen molar-refractivity contribution in [1.29, 1.82) is 0 Å². The van der Waals surface area contributed by atoms with Gasteiger partial charge in [-0.2, -0.15) is 0 Å². The van der Waals surface area contributed by atoms with Crippen molar-refractivity contribution in [2.75, 3.05) is 32.7 Å². The molecule has 1 N–H and O–H groups in total. The molecule has 0 aliphatic carbocycles. The Bertz CT molecular complexity index is 731. The molecule has 0 radical (unpaired) electrons. The fraction of sp³-hybridized carbons (Fsp3) is 0.444. The Morgan fingerprint density at radius 3 is 2.37 bits per heavy atom. The Labute approximate surface area is 166 Å². The lowest BCUT2D eigenvalue weighted by Crippen LogP contribution is -2.52. The second kappa shape index (κ2) is 9.50. The third-order valence-electron chi connectivity index (χ3n) is 4.17. The van der Waals surface area contributed by atoms with Crippen molar-refractivity contribution in [3.8, 4) is 0 Å². The van der Waals surface area contributed by atoms with E-state index in [0.29, 0.717) is 31.7 Å². The molecule has 1 aromatic carbocycles. The maximum Gasteiger partial charge on any atom is 0.326 e. The van der Waals surface area contributed by atoms with Crippen LogP contribution in [-0.2, 0) is 19.1 Å². The van der Waals surface area contributed by atoms with Crippen molar-refractivity contribution >= 4 is 39.6 Å². The molecule has 0 saturated carbocycles. The molecule has 1 aliphatic heterocycles. The molecule has 1 aliphatic rings. The first-order chi connectivity index (χ1) is 12.8. The molecule has 0 spiro atoms. The van der Waals surface area contributed by atoms with Crippen LogP contribution in [0.1, 0.15) is 24.2 Å². The van der Waals surface area contributed by atoms with Gasteiger partial charge < -0.3 is 19.9 Å². The lowest BCUT2D eigenvalue weighted by molar-refractivity contribution is -0.159. The highest BCUT2D eigenvalue weighted by atomic mass is 79.9. The van der Waals surface area contributed by atoms with Gasteiger partial charge in [-0.25, -0.2) is 0 Å². The zero-order chi connectivity index (χ0) is 20.0. The number of halogens is 1. The first-order valence-electron chi connectivity index (χ1n) is 8.55. The van der Waals surface area contributed by atoms with Gasteiger partial charge in [0.15, 0.2) is 6.10 Å². The first-order valence-corrected chi connectivity index (χ1v) is 9.34. The van der Waals surface area contributed by atoms with Crippen LogP contribution in [0.2, 0.25) is 0 Å². The van der Waals surface area contributed by atoms with Crippen LogP contribution in [0, 0.1) is 0 Å². The molecule has 27 heavy (non-hydrogen) atoms. The fourth-order valence-electron chi connectivity index (χ4n) is 2.67. The summed E-state index contributed by atoms with van der Waals surface area (Å²) in [4.78, 5) is 50.8. The third-order valence-corrected chi connectivity index (χ3v) is 4.67. The van der Waals surface area contributed by atoms with E-state index in [1.165, 1.54) is 13.8 Å². The van der Waals surface area contributed by atoms with Gasteiger partial charge in [-0.1, -0.05) is 22.0 Å². The molecule has 0 bridgehead atoms. The number of hydrogen-bond donors (Lipinski definition) is 1. The Morgan fingerprint density at radius 1 is 1.15 bits per heavy atom. The van der Waals surface area contributed by atoms with Crippen molar-refractivity contribution in [2.24, 2.45) is 0 Å². The lowest BCUT2D eigenvalue weighted by Gasteiger charge is -2.35. The van der Waals surface area contributed by atoms with Crippen molar-refractivity contribution in [3.05, 3.63) is 34.3 Å². The van der Waals surface area contributed by atoms with Gasteiger partial charge in [-0.3, -0.25) is 19.2 Å². The highest BCUT2D eigenvalue weighted by molar-refractivity contribution is 9.10. The van der Waals surface area contributed by atoms with Gasteiger partial charge in [-0.15, -0.1) is 0 Å². The fourth-order valence-corrected chi connectivity index (χ4v) is 3.07. The lowest BCUT2D eigenvalue weighted by atomic mass is 10.2. The van der Waals surface area contributed by atoms with Gasteiger partial charge in [-0.05, 0) is 25.1 Å². The van der Waals surface area contributed by atoms with Gasteiger partial charge >= 0.3 is 5.97 Å². The number of carbonyl (C=O) groups excluding carboxylic acids is 4. The summed E-state index contributed by atoms with van der Waals surface area (Å²) in [5.74, 6) is -1.44. The number of nitrogens with one attached hydrogen (secondary N) is 1. The number of ether oxygens (including phenoxy) is 1. The van der Waals surface area contributed by atoms with E-state index < -0.39 is 18.0 Å². The van der Waals surface area contributed by atoms with Gasteiger partial charge in [0.25, 0.3) is 11.8 Å². The Hall–Kier alpha value is -2.42. The van der Waals surface area contributed by atoms with Gasteiger partial charge in [0, 0.05) is 43.1 Å². The monoisotopic (exact) mass is 439 g/mol. The minimum Gasteiger partial charge on any atom is -0.451 e. The van der Waals surface area contributed by atoms with Gasteiger partial charge in [0.2, 0.25) is 5.91 Å². The molecule has 1 aromatic rings. The highest BCUT2D eigenvalue weighted by Gasteiger charge is 2.27. The minimum absolute atomic E-state index is 0.0252. The molecule has 1 fully saturated rings. The molecule has 1 atom stereocenters. The Kier molecular flexibility index (Phi) is 7.35. The number of rotatable bonds is 5. The Balaban J connectivity index is 1.77. The largest absolute Gasteiger partial charge is 0.451 e. The zero-order valence-electron chi connectivity index (χ0n) is 15.2. The molecule has 9 heteroatoms. The molecule has 8 nitrogen and oxygen atoms in total. The van der Waals surface area contributed by atoms with Crippen LogP contribution in [0.25, 0.3) is 0 Å². The molecule has 146 valence electrons. The number of carbonyl (C=O) groups is 4. The summed E-state index contributed by atoms with van der Waals surface area (Å²) in [6.45, 7) is 4.38. The van der Waals surface area contributed by atoms with E-state index >= 15 is 0 Å². The standard InChI is InChI=1S/C18H22BrN3O5/c1-12(18(26)22-8-6-21(7-9-22)13(2)23)27-16(24)11-20-17(25)14-4-3-5-15(19)10-14/h3-5,10,12H,6-9,11H2,1-2H3,(H,20,25). The first kappa shape index (κ1) is 20.9. The maximum atomic E-state index is 12.4. The normalized spacial score (nSPS) is 15.1. The van der Waals surface area contributed by atoms with E-state index in [1.807, 2.05) is 0 Å². The van der Waals surface area contributed by atoms with Crippen LogP contribution < -0.4 is 5.32 Å². The topological polar surface area (TPSA) is 96.0 Å². The van der Waals surface area contributed by atoms with E-state index in [-0.39, 0.29) is 18.4 Å². The van der Waals surface area contributed by atoms with Crippen LogP contribution in [0.5, 0.6) is 0 Å². The predicted octanol–water partition coefficient (Wildman–Crippen LogP) is 0.801. The van der Waals surface area contributed by atoms with Crippen molar-refractivity contribution in [2.45, 2.75) is 20.0 Å². The third kappa shape index (κ3) is 6.06. The SMILES string of the molecule is CC(=O)N1CCN(C(=O)C(C)OC(=O)CNC(=O)c2cccc(Br)c2)CC1. The quantitative estimate of drug-likeness (QED) is 0.684. The molecular weight excluding hydrogens is 418 g/mol. The number of piperazine rings is 1. The summed E-state index contributed by atoms with van der Waals surface area (Å²) < 4.78 is 5.87. The second-order valence-electron chi connectivity index (χ2n) is 6.16. The number of benzene rings is 1. The number of esters is 1. The summed E-state index contributed by atoms with van der Waals surface area (Å²) in [7, 11) is 0. The summed E-state index contributed by atoms with van der Waals surface area (Å²) in [5, 5.41) is 2.46. The van der Waals surface area contributed by atoms with Crippen LogP contribution in [-0.4, -0.2) is 72.3 Å². The summed E-state index contributed by atoms with van der Waals surface area (Å²) >= 11 is 3.27. The summed E-state index contributed by atoms with van der Waals surface area (Å²) in [6.07, 6.45) is -0.954. The minimum atomic E-state index is -0.954. The predicted molar refractivity (Wildman–Crippen MR) is 101 cm³/mol. The molecule has 1 unspecified atom stereocenters.